The smallest absolute Gasteiger partial charge is 0.244 e. The Morgan fingerprint density at radius 3 is 2.37 bits per heavy atom. The Morgan fingerprint density at radius 2 is 1.74 bits per heavy atom. The third-order valence-electron chi connectivity index (χ3n) is 4.78. The van der Waals surface area contributed by atoms with Gasteiger partial charge in [0, 0.05) is 24.9 Å². The summed E-state index contributed by atoms with van der Waals surface area (Å²) >= 11 is 0. The van der Waals surface area contributed by atoms with Gasteiger partial charge in [-0.05, 0) is 54.8 Å². The number of rotatable bonds is 5. The molecule has 1 unspecified atom stereocenters. The molecule has 27 heavy (non-hydrogen) atoms. The van der Waals surface area contributed by atoms with Crippen molar-refractivity contribution in [3.63, 3.8) is 0 Å². The molecule has 1 amide bonds. The van der Waals surface area contributed by atoms with E-state index in [-0.39, 0.29) is 17.8 Å². The van der Waals surface area contributed by atoms with E-state index in [9.17, 15) is 9.18 Å². The average Bonchev–Trinajstić information content (AvgIpc) is 2.69. The third kappa shape index (κ3) is 5.17. The van der Waals surface area contributed by atoms with Crippen molar-refractivity contribution in [1.82, 2.24) is 5.32 Å². The van der Waals surface area contributed by atoms with Crippen LogP contribution in [0, 0.1) is 5.82 Å². The summed E-state index contributed by atoms with van der Waals surface area (Å²) in [6.45, 7) is 7.12. The van der Waals surface area contributed by atoms with Crippen molar-refractivity contribution in [2.75, 3.05) is 31.2 Å². The van der Waals surface area contributed by atoms with Gasteiger partial charge in [0.25, 0.3) is 0 Å². The summed E-state index contributed by atoms with van der Waals surface area (Å²) < 4.78 is 18.4. The molecule has 0 bridgehead atoms. The van der Waals surface area contributed by atoms with Gasteiger partial charge in [0.2, 0.25) is 5.91 Å². The molecule has 2 aromatic rings. The molecule has 0 aliphatic carbocycles. The zero-order valence-electron chi connectivity index (χ0n) is 15.7. The number of hydrogen-bond donors (Lipinski definition) is 1. The lowest BCUT2D eigenvalue weighted by Crippen LogP contribution is -2.36. The number of carbonyl (C=O) groups is 1. The van der Waals surface area contributed by atoms with Gasteiger partial charge in [-0.25, -0.2) is 4.39 Å². The fourth-order valence-electron chi connectivity index (χ4n) is 3.13. The number of nitrogens with one attached hydrogen (secondary N) is 1. The van der Waals surface area contributed by atoms with E-state index < -0.39 is 0 Å². The minimum absolute atomic E-state index is 0.103. The van der Waals surface area contributed by atoms with Crippen molar-refractivity contribution in [3.8, 4) is 0 Å². The molecule has 1 fully saturated rings. The lowest BCUT2D eigenvalue weighted by Gasteiger charge is -2.29. The van der Waals surface area contributed by atoms with Gasteiger partial charge < -0.3 is 15.0 Å². The molecule has 1 atom stereocenters. The molecule has 1 aliphatic heterocycles. The first kappa shape index (κ1) is 19.1. The van der Waals surface area contributed by atoms with E-state index in [1.165, 1.54) is 17.8 Å². The van der Waals surface area contributed by atoms with Crippen molar-refractivity contribution in [1.29, 1.82) is 0 Å². The largest absolute Gasteiger partial charge is 0.378 e. The van der Waals surface area contributed by atoms with Crippen molar-refractivity contribution in [2.24, 2.45) is 0 Å². The van der Waals surface area contributed by atoms with Crippen LogP contribution in [0.15, 0.2) is 54.6 Å². The van der Waals surface area contributed by atoms with E-state index in [1.54, 1.807) is 18.2 Å². The lowest BCUT2D eigenvalue weighted by molar-refractivity contribution is -0.117. The maximum atomic E-state index is 13.0. The van der Waals surface area contributed by atoms with Crippen LogP contribution >= 0.6 is 0 Å². The van der Waals surface area contributed by atoms with Crippen molar-refractivity contribution in [2.45, 2.75) is 19.9 Å². The highest BCUT2D eigenvalue weighted by molar-refractivity contribution is 5.95. The Bertz CT molecular complexity index is 794. The van der Waals surface area contributed by atoms with Crippen LogP contribution in [0.25, 0.3) is 5.57 Å². The minimum atomic E-state index is -0.287. The van der Waals surface area contributed by atoms with E-state index in [0.29, 0.717) is 0 Å². The van der Waals surface area contributed by atoms with Gasteiger partial charge in [0.05, 0.1) is 19.3 Å². The van der Waals surface area contributed by atoms with Crippen LogP contribution < -0.4 is 10.2 Å². The molecule has 1 saturated heterocycles. The second-order valence-electron chi connectivity index (χ2n) is 6.76. The molecule has 3 rings (SSSR count). The number of nitrogens with zero attached hydrogens (tertiary/aromatic N) is 1. The maximum absolute atomic E-state index is 13.0. The summed E-state index contributed by atoms with van der Waals surface area (Å²) in [5, 5.41) is 2.98. The minimum Gasteiger partial charge on any atom is -0.378 e. The summed E-state index contributed by atoms with van der Waals surface area (Å²) in [5.41, 5.74) is 3.84. The highest BCUT2D eigenvalue weighted by Crippen LogP contribution is 2.20. The molecule has 0 spiro atoms. The first-order valence-corrected chi connectivity index (χ1v) is 9.20. The van der Waals surface area contributed by atoms with E-state index in [2.05, 4.69) is 22.3 Å². The molecule has 0 aromatic heterocycles. The van der Waals surface area contributed by atoms with E-state index in [4.69, 9.17) is 4.74 Å². The van der Waals surface area contributed by atoms with Gasteiger partial charge in [0.1, 0.15) is 5.82 Å². The number of halogens is 1. The zero-order valence-corrected chi connectivity index (χ0v) is 15.7. The predicted molar refractivity (Wildman–Crippen MR) is 106 cm³/mol. The first-order chi connectivity index (χ1) is 13.0. The normalized spacial score (nSPS) is 16.1. The Hall–Kier alpha value is -2.66. The van der Waals surface area contributed by atoms with Gasteiger partial charge in [0.15, 0.2) is 0 Å². The number of anilines is 1. The molecule has 0 saturated carbocycles. The second kappa shape index (κ2) is 8.82. The van der Waals surface area contributed by atoms with Crippen LogP contribution in [0.1, 0.15) is 31.0 Å². The molecular weight excluding hydrogens is 343 g/mol. The number of carbonyl (C=O) groups excluding carboxylic acids is 1. The SMILES string of the molecule is C/C(=C/C(=O)NC(C)c1ccc(N2CCOCC2)cc1)c1ccc(F)cc1. The van der Waals surface area contributed by atoms with Crippen LogP contribution in [0.5, 0.6) is 0 Å². The predicted octanol–water partition coefficient (Wildman–Crippen LogP) is 3.94. The van der Waals surface area contributed by atoms with Crippen molar-refractivity contribution >= 4 is 17.2 Å². The Morgan fingerprint density at radius 1 is 1.11 bits per heavy atom. The summed E-state index contributed by atoms with van der Waals surface area (Å²) in [6.07, 6.45) is 1.55. The summed E-state index contributed by atoms with van der Waals surface area (Å²) in [6, 6.07) is 14.3. The fourth-order valence-corrected chi connectivity index (χ4v) is 3.13. The molecule has 1 heterocycles. The van der Waals surface area contributed by atoms with E-state index >= 15 is 0 Å². The quantitative estimate of drug-likeness (QED) is 0.813. The summed E-state index contributed by atoms with van der Waals surface area (Å²) in [5.74, 6) is -0.452. The first-order valence-electron chi connectivity index (χ1n) is 9.20. The zero-order chi connectivity index (χ0) is 19.2. The molecule has 1 aliphatic rings. The van der Waals surface area contributed by atoms with E-state index in [0.717, 1.165) is 43.0 Å². The molecular formula is C22H25FN2O2. The van der Waals surface area contributed by atoms with Gasteiger partial charge >= 0.3 is 0 Å². The Labute approximate surface area is 159 Å². The average molecular weight is 368 g/mol. The van der Waals surface area contributed by atoms with Crippen LogP contribution in [0.2, 0.25) is 0 Å². The van der Waals surface area contributed by atoms with Crippen molar-refractivity contribution < 1.29 is 13.9 Å². The number of hydrogen-bond acceptors (Lipinski definition) is 3. The molecule has 5 heteroatoms. The molecule has 0 radical (unpaired) electrons. The van der Waals surface area contributed by atoms with Crippen molar-refractivity contribution in [3.05, 3.63) is 71.6 Å². The summed E-state index contributed by atoms with van der Waals surface area (Å²) in [7, 11) is 0. The Kier molecular flexibility index (Phi) is 6.24. The molecule has 4 nitrogen and oxygen atoms in total. The highest BCUT2D eigenvalue weighted by Gasteiger charge is 2.13. The standard InChI is InChI=1S/C22H25FN2O2/c1-16(18-3-7-20(23)8-4-18)15-22(26)24-17(2)19-5-9-21(10-6-19)25-11-13-27-14-12-25/h3-10,15,17H,11-14H2,1-2H3,(H,24,26)/b16-15-. The fraction of sp³-hybridized carbons (Fsp3) is 0.318. The van der Waals surface area contributed by atoms with Crippen LogP contribution in [-0.2, 0) is 9.53 Å². The number of allylic oxidation sites excluding steroid dienone is 1. The highest BCUT2D eigenvalue weighted by atomic mass is 19.1. The van der Waals surface area contributed by atoms with E-state index in [1.807, 2.05) is 26.0 Å². The number of ether oxygens (including phenoxy) is 1. The van der Waals surface area contributed by atoms with Gasteiger partial charge in [-0.3, -0.25) is 4.79 Å². The van der Waals surface area contributed by atoms with Gasteiger partial charge in [-0.2, -0.15) is 0 Å². The molecule has 142 valence electrons. The summed E-state index contributed by atoms with van der Waals surface area (Å²) in [4.78, 5) is 14.6. The number of morpholine rings is 1. The Balaban J connectivity index is 1.60. The topological polar surface area (TPSA) is 41.6 Å². The second-order valence-corrected chi connectivity index (χ2v) is 6.76. The van der Waals surface area contributed by atoms with Gasteiger partial charge in [-0.15, -0.1) is 0 Å². The lowest BCUT2D eigenvalue weighted by atomic mass is 10.1. The number of benzene rings is 2. The number of amides is 1. The maximum Gasteiger partial charge on any atom is 0.244 e. The van der Waals surface area contributed by atoms with Crippen LogP contribution in [0.4, 0.5) is 10.1 Å². The monoisotopic (exact) mass is 368 g/mol. The third-order valence-corrected chi connectivity index (χ3v) is 4.78. The van der Waals surface area contributed by atoms with Crippen LogP contribution in [0.3, 0.4) is 0 Å². The van der Waals surface area contributed by atoms with Gasteiger partial charge in [-0.1, -0.05) is 24.3 Å². The molecule has 1 N–H and O–H groups in total. The van der Waals surface area contributed by atoms with Crippen LogP contribution in [-0.4, -0.2) is 32.2 Å². The molecule has 2 aromatic carbocycles.